The molecule has 0 saturated carbocycles. The van der Waals surface area contributed by atoms with Crippen molar-refractivity contribution in [2.24, 2.45) is 0 Å². The molecule has 0 bridgehead atoms. The smallest absolute Gasteiger partial charge is 0.341 e. The van der Waals surface area contributed by atoms with Crippen LogP contribution < -0.4 is 11.0 Å². The predicted molar refractivity (Wildman–Crippen MR) is 64.9 cm³/mol. The summed E-state index contributed by atoms with van der Waals surface area (Å²) in [6, 6.07) is 0.0968. The summed E-state index contributed by atoms with van der Waals surface area (Å²) in [6.45, 7) is 4.12. The summed E-state index contributed by atoms with van der Waals surface area (Å²) >= 11 is 0. The third-order valence-corrected chi connectivity index (χ3v) is 2.58. The molecular formula is C11H20N4O2. The molecule has 0 aliphatic carbocycles. The van der Waals surface area contributed by atoms with Crippen molar-refractivity contribution in [3.8, 4) is 0 Å². The lowest BCUT2D eigenvalue weighted by Crippen LogP contribution is -2.33. The summed E-state index contributed by atoms with van der Waals surface area (Å²) < 4.78 is 0. The highest BCUT2D eigenvalue weighted by Crippen LogP contribution is 2.05. The highest BCUT2D eigenvalue weighted by Gasteiger charge is 2.12. The van der Waals surface area contributed by atoms with Gasteiger partial charge in [0.05, 0.1) is 0 Å². The maximum atomic E-state index is 11.6. The monoisotopic (exact) mass is 240 g/mol. The fourth-order valence-corrected chi connectivity index (χ4v) is 1.62. The number of carbonyl (C=O) groups is 1. The molecule has 0 fully saturated rings. The van der Waals surface area contributed by atoms with E-state index in [-0.39, 0.29) is 17.8 Å². The number of amides is 1. The average Bonchev–Trinajstić information content (AvgIpc) is 2.71. The first-order valence-electron chi connectivity index (χ1n) is 6.09. The third kappa shape index (κ3) is 4.84. The Balaban J connectivity index is 2.28. The van der Waals surface area contributed by atoms with Gasteiger partial charge in [0.2, 0.25) is 5.82 Å². The van der Waals surface area contributed by atoms with Gasteiger partial charge in [0.1, 0.15) is 0 Å². The van der Waals surface area contributed by atoms with E-state index in [1.807, 2.05) is 6.92 Å². The van der Waals surface area contributed by atoms with Gasteiger partial charge in [-0.3, -0.25) is 9.78 Å². The Bertz CT molecular complexity index is 396. The lowest BCUT2D eigenvalue weighted by Gasteiger charge is -2.12. The third-order valence-electron chi connectivity index (χ3n) is 2.58. The van der Waals surface area contributed by atoms with Crippen LogP contribution in [0.3, 0.4) is 0 Å². The Morgan fingerprint density at radius 1 is 1.41 bits per heavy atom. The molecule has 0 aliphatic rings. The van der Waals surface area contributed by atoms with Crippen LogP contribution in [0.2, 0.25) is 0 Å². The quantitative estimate of drug-likeness (QED) is 0.625. The lowest BCUT2D eigenvalue weighted by atomic mass is 10.1. The summed E-state index contributed by atoms with van der Waals surface area (Å²) in [6.07, 6.45) is 5.67. The Kier molecular flexibility index (Phi) is 5.45. The van der Waals surface area contributed by atoms with Crippen LogP contribution in [0.5, 0.6) is 0 Å². The molecule has 1 heterocycles. The van der Waals surface area contributed by atoms with Gasteiger partial charge >= 0.3 is 5.69 Å². The van der Waals surface area contributed by atoms with E-state index >= 15 is 0 Å². The number of hydrogen-bond donors (Lipinski definition) is 3. The number of nitrogens with one attached hydrogen (secondary N) is 3. The first kappa shape index (κ1) is 13.5. The zero-order valence-electron chi connectivity index (χ0n) is 10.4. The Hall–Kier alpha value is -1.59. The second-order valence-electron chi connectivity index (χ2n) is 4.25. The molecule has 0 radical (unpaired) electrons. The van der Waals surface area contributed by atoms with Gasteiger partial charge in [0.15, 0.2) is 0 Å². The normalized spacial score (nSPS) is 12.4. The Morgan fingerprint density at radius 3 is 2.76 bits per heavy atom. The number of H-pyrrole nitrogens is 2. The molecule has 96 valence electrons. The molecule has 3 N–H and O–H groups in total. The molecule has 1 aromatic heterocycles. The summed E-state index contributed by atoms with van der Waals surface area (Å²) in [7, 11) is 0. The molecule has 6 heteroatoms. The van der Waals surface area contributed by atoms with E-state index in [9.17, 15) is 9.59 Å². The lowest BCUT2D eigenvalue weighted by molar-refractivity contribution is 0.0927. The minimum absolute atomic E-state index is 0.0374. The fourth-order valence-electron chi connectivity index (χ4n) is 1.62. The number of aromatic nitrogens is 3. The van der Waals surface area contributed by atoms with Crippen LogP contribution in [0, 0.1) is 0 Å². The number of nitrogens with zero attached hydrogens (tertiary/aromatic N) is 1. The van der Waals surface area contributed by atoms with Crippen molar-refractivity contribution in [1.29, 1.82) is 0 Å². The van der Waals surface area contributed by atoms with Crippen molar-refractivity contribution < 1.29 is 4.79 Å². The topological polar surface area (TPSA) is 90.6 Å². The molecule has 0 aliphatic heterocycles. The van der Waals surface area contributed by atoms with Gasteiger partial charge in [0, 0.05) is 6.04 Å². The molecule has 1 aromatic rings. The van der Waals surface area contributed by atoms with Crippen LogP contribution >= 0.6 is 0 Å². The molecule has 0 unspecified atom stereocenters. The highest BCUT2D eigenvalue weighted by atomic mass is 16.2. The van der Waals surface area contributed by atoms with Gasteiger partial charge in [-0.25, -0.2) is 9.89 Å². The second-order valence-corrected chi connectivity index (χ2v) is 4.25. The summed E-state index contributed by atoms with van der Waals surface area (Å²) in [4.78, 5) is 24.7. The van der Waals surface area contributed by atoms with E-state index in [0.29, 0.717) is 0 Å². The first-order chi connectivity index (χ1) is 8.13. The largest absolute Gasteiger partial charge is 0.347 e. The van der Waals surface area contributed by atoms with Crippen LogP contribution in [-0.2, 0) is 0 Å². The van der Waals surface area contributed by atoms with Crippen molar-refractivity contribution in [2.45, 2.75) is 52.0 Å². The van der Waals surface area contributed by atoms with Crippen molar-refractivity contribution in [3.63, 3.8) is 0 Å². The van der Waals surface area contributed by atoms with Crippen LogP contribution in [0.1, 0.15) is 56.6 Å². The summed E-state index contributed by atoms with van der Waals surface area (Å²) in [5.41, 5.74) is -0.467. The second kappa shape index (κ2) is 6.88. The number of aromatic amines is 2. The average molecular weight is 240 g/mol. The molecular weight excluding hydrogens is 220 g/mol. The van der Waals surface area contributed by atoms with Crippen LogP contribution in [-0.4, -0.2) is 27.1 Å². The molecule has 0 aromatic carbocycles. The number of hydrogen-bond acceptors (Lipinski definition) is 3. The fraction of sp³-hybridized carbons (Fsp3) is 0.727. The molecule has 0 saturated heterocycles. The summed E-state index contributed by atoms with van der Waals surface area (Å²) in [5.74, 6) is -0.304. The minimum Gasteiger partial charge on any atom is -0.347 e. The van der Waals surface area contributed by atoms with Crippen molar-refractivity contribution in [1.82, 2.24) is 20.5 Å². The van der Waals surface area contributed by atoms with Crippen LogP contribution in [0.15, 0.2) is 4.79 Å². The molecule has 1 amide bonds. The number of unbranched alkanes of at least 4 members (excludes halogenated alkanes) is 3. The van der Waals surface area contributed by atoms with Crippen LogP contribution in [0.25, 0.3) is 0 Å². The zero-order valence-corrected chi connectivity index (χ0v) is 10.4. The minimum atomic E-state index is -0.467. The van der Waals surface area contributed by atoms with Gasteiger partial charge in [-0.05, 0) is 13.3 Å². The van der Waals surface area contributed by atoms with E-state index in [1.54, 1.807) is 0 Å². The van der Waals surface area contributed by atoms with E-state index in [4.69, 9.17) is 0 Å². The molecule has 0 spiro atoms. The van der Waals surface area contributed by atoms with Gasteiger partial charge in [-0.15, -0.1) is 5.10 Å². The first-order valence-corrected chi connectivity index (χ1v) is 6.09. The van der Waals surface area contributed by atoms with E-state index in [2.05, 4.69) is 27.4 Å². The SMILES string of the molecule is CCCCCC[C@H](C)NC(=O)c1n[nH]c(=O)[nH]1. The maximum absolute atomic E-state index is 11.6. The molecule has 1 rings (SSSR count). The van der Waals surface area contributed by atoms with Gasteiger partial charge in [-0.2, -0.15) is 0 Å². The van der Waals surface area contributed by atoms with Gasteiger partial charge in [0.25, 0.3) is 5.91 Å². The molecule has 6 nitrogen and oxygen atoms in total. The van der Waals surface area contributed by atoms with Crippen molar-refractivity contribution in [3.05, 3.63) is 16.3 Å². The van der Waals surface area contributed by atoms with Crippen molar-refractivity contribution >= 4 is 5.91 Å². The van der Waals surface area contributed by atoms with Gasteiger partial charge < -0.3 is 5.32 Å². The summed E-state index contributed by atoms with van der Waals surface area (Å²) in [5, 5.41) is 8.53. The Labute approximate surface area is 100 Å². The van der Waals surface area contributed by atoms with Gasteiger partial charge in [-0.1, -0.05) is 32.6 Å². The standard InChI is InChI=1S/C11H20N4O2/c1-3-4-5-6-7-8(2)12-10(16)9-13-11(17)15-14-9/h8H,3-7H2,1-2H3,(H,12,16)(H2,13,14,15,17)/t8-/m0/s1. The van der Waals surface area contributed by atoms with Crippen molar-refractivity contribution in [2.75, 3.05) is 0 Å². The molecule has 17 heavy (non-hydrogen) atoms. The van der Waals surface area contributed by atoms with E-state index in [1.165, 1.54) is 19.3 Å². The highest BCUT2D eigenvalue weighted by molar-refractivity contribution is 5.90. The number of rotatable bonds is 7. The zero-order chi connectivity index (χ0) is 12.7. The van der Waals surface area contributed by atoms with E-state index < -0.39 is 5.69 Å². The maximum Gasteiger partial charge on any atom is 0.341 e. The molecule has 1 atom stereocenters. The number of carbonyl (C=O) groups excluding carboxylic acids is 1. The Morgan fingerprint density at radius 2 is 2.18 bits per heavy atom. The van der Waals surface area contributed by atoms with E-state index in [0.717, 1.165) is 12.8 Å². The predicted octanol–water partition coefficient (Wildman–Crippen LogP) is 1.19. The van der Waals surface area contributed by atoms with Crippen LogP contribution in [0.4, 0.5) is 0 Å².